The Bertz CT molecular complexity index is 745. The Morgan fingerprint density at radius 2 is 1.68 bits per heavy atom. The molecule has 2 atom stereocenters. The molecule has 0 spiro atoms. The maximum absolute atomic E-state index is 13.4. The van der Waals surface area contributed by atoms with Gasteiger partial charge in [0.2, 0.25) is 11.8 Å². The number of carbonyl (C=O) groups is 2. The average molecular weight is 432 g/mol. The summed E-state index contributed by atoms with van der Waals surface area (Å²) in [4.78, 5) is 30.1. The zero-order valence-electron chi connectivity index (χ0n) is 18.2. The van der Waals surface area contributed by atoms with Gasteiger partial charge in [0.1, 0.15) is 5.82 Å². The molecule has 1 saturated carbocycles. The van der Waals surface area contributed by atoms with Gasteiger partial charge in [0.15, 0.2) is 0 Å². The molecule has 4 rings (SSSR count). The van der Waals surface area contributed by atoms with Gasteiger partial charge >= 0.3 is 0 Å². The van der Waals surface area contributed by atoms with Crippen LogP contribution in [0.3, 0.4) is 0 Å². The Morgan fingerprint density at radius 1 is 1.00 bits per heavy atom. The van der Waals surface area contributed by atoms with Crippen molar-refractivity contribution in [2.24, 2.45) is 5.92 Å². The summed E-state index contributed by atoms with van der Waals surface area (Å²) in [6, 6.07) is 6.16. The van der Waals surface area contributed by atoms with Gasteiger partial charge in [-0.15, -0.1) is 0 Å². The zero-order valence-corrected chi connectivity index (χ0v) is 18.2. The maximum atomic E-state index is 13.4. The van der Waals surface area contributed by atoms with E-state index in [4.69, 9.17) is 4.74 Å². The van der Waals surface area contributed by atoms with E-state index in [1.165, 1.54) is 25.0 Å². The first kappa shape index (κ1) is 22.2. The number of morpholine rings is 1. The van der Waals surface area contributed by atoms with Crippen LogP contribution in [0.15, 0.2) is 24.3 Å². The van der Waals surface area contributed by atoms with Gasteiger partial charge in [-0.2, -0.15) is 0 Å². The molecule has 2 heterocycles. The molecule has 2 amide bonds. The number of halogens is 1. The lowest BCUT2D eigenvalue weighted by atomic mass is 9.91. The normalized spacial score (nSPS) is 24.2. The molecule has 7 heteroatoms. The predicted octanol–water partition coefficient (Wildman–Crippen LogP) is 2.89. The fourth-order valence-electron chi connectivity index (χ4n) is 5.29. The van der Waals surface area contributed by atoms with Crippen LogP contribution < -0.4 is 5.32 Å². The lowest BCUT2D eigenvalue weighted by Crippen LogP contribution is -2.55. The van der Waals surface area contributed by atoms with E-state index in [-0.39, 0.29) is 36.3 Å². The van der Waals surface area contributed by atoms with E-state index in [1.54, 1.807) is 12.1 Å². The predicted molar refractivity (Wildman–Crippen MR) is 116 cm³/mol. The number of rotatable bonds is 6. The van der Waals surface area contributed by atoms with Gasteiger partial charge in [0.25, 0.3) is 0 Å². The molecule has 2 unspecified atom stereocenters. The molecule has 170 valence electrons. The van der Waals surface area contributed by atoms with Crippen LogP contribution in [0.5, 0.6) is 0 Å². The highest BCUT2D eigenvalue weighted by molar-refractivity contribution is 5.84. The van der Waals surface area contributed by atoms with E-state index in [1.807, 2.05) is 9.80 Å². The highest BCUT2D eigenvalue weighted by Gasteiger charge is 2.34. The lowest BCUT2D eigenvalue weighted by molar-refractivity contribution is -0.143. The van der Waals surface area contributed by atoms with E-state index < -0.39 is 0 Å². The van der Waals surface area contributed by atoms with E-state index in [0.29, 0.717) is 32.2 Å². The quantitative estimate of drug-likeness (QED) is 0.753. The van der Waals surface area contributed by atoms with Crippen LogP contribution in [0.1, 0.15) is 56.6 Å². The SMILES string of the molecule is O=C(CN1CCCCC1C(=O)N1CCOCC1)NC(c1ccc(F)cc1)C1CCCC1. The smallest absolute Gasteiger partial charge is 0.240 e. The minimum atomic E-state index is -0.266. The summed E-state index contributed by atoms with van der Waals surface area (Å²) in [7, 11) is 0. The van der Waals surface area contributed by atoms with Gasteiger partial charge < -0.3 is 15.0 Å². The molecule has 1 aliphatic carbocycles. The van der Waals surface area contributed by atoms with Gasteiger partial charge in [-0.25, -0.2) is 4.39 Å². The molecule has 3 aliphatic rings. The second kappa shape index (κ2) is 10.6. The second-order valence-electron chi connectivity index (χ2n) is 9.06. The van der Waals surface area contributed by atoms with Crippen molar-refractivity contribution in [3.63, 3.8) is 0 Å². The Morgan fingerprint density at radius 3 is 2.39 bits per heavy atom. The molecule has 1 aromatic carbocycles. The van der Waals surface area contributed by atoms with E-state index in [0.717, 1.165) is 44.2 Å². The van der Waals surface area contributed by atoms with Crippen molar-refractivity contribution in [2.45, 2.75) is 57.0 Å². The molecular formula is C24H34FN3O3. The Labute approximate surface area is 184 Å². The summed E-state index contributed by atoms with van der Waals surface area (Å²) in [5.74, 6) is 0.184. The molecule has 0 bridgehead atoms. The monoisotopic (exact) mass is 431 g/mol. The van der Waals surface area contributed by atoms with Gasteiger partial charge in [-0.05, 0) is 55.8 Å². The zero-order chi connectivity index (χ0) is 21.6. The minimum absolute atomic E-state index is 0.0529. The molecule has 2 aliphatic heterocycles. The largest absolute Gasteiger partial charge is 0.378 e. The molecule has 1 N–H and O–H groups in total. The first-order valence-corrected chi connectivity index (χ1v) is 11.8. The first-order chi connectivity index (χ1) is 15.1. The van der Waals surface area contributed by atoms with Gasteiger partial charge in [-0.3, -0.25) is 14.5 Å². The summed E-state index contributed by atoms with van der Waals surface area (Å²) in [6.45, 7) is 3.41. The second-order valence-corrected chi connectivity index (χ2v) is 9.06. The van der Waals surface area contributed by atoms with E-state index >= 15 is 0 Å². The van der Waals surface area contributed by atoms with Crippen LogP contribution >= 0.6 is 0 Å². The molecule has 3 fully saturated rings. The van der Waals surface area contributed by atoms with Crippen molar-refractivity contribution < 1.29 is 18.7 Å². The Kier molecular flexibility index (Phi) is 7.56. The number of nitrogens with zero attached hydrogens (tertiary/aromatic N) is 2. The van der Waals surface area contributed by atoms with Crippen molar-refractivity contribution in [3.05, 3.63) is 35.6 Å². The fraction of sp³-hybridized carbons (Fsp3) is 0.667. The number of likely N-dealkylation sites (tertiary alicyclic amines) is 1. The number of ether oxygens (including phenoxy) is 1. The van der Waals surface area contributed by atoms with Crippen molar-refractivity contribution >= 4 is 11.8 Å². The van der Waals surface area contributed by atoms with Gasteiger partial charge in [-0.1, -0.05) is 31.4 Å². The third kappa shape index (κ3) is 5.63. The Hall–Kier alpha value is -1.99. The van der Waals surface area contributed by atoms with Crippen molar-refractivity contribution in [1.29, 1.82) is 0 Å². The van der Waals surface area contributed by atoms with Crippen LogP contribution in [0.2, 0.25) is 0 Å². The topological polar surface area (TPSA) is 61.9 Å². The van der Waals surface area contributed by atoms with Crippen molar-refractivity contribution in [3.8, 4) is 0 Å². The summed E-state index contributed by atoms with van der Waals surface area (Å²) in [6.07, 6.45) is 7.30. The third-order valence-corrected chi connectivity index (χ3v) is 6.99. The van der Waals surface area contributed by atoms with Gasteiger partial charge in [0, 0.05) is 13.1 Å². The Balaban J connectivity index is 1.41. The number of hydrogen-bond donors (Lipinski definition) is 1. The summed E-state index contributed by atoms with van der Waals surface area (Å²) in [5, 5.41) is 3.23. The van der Waals surface area contributed by atoms with Crippen LogP contribution in [0.25, 0.3) is 0 Å². The number of amides is 2. The highest BCUT2D eigenvalue weighted by Crippen LogP contribution is 2.36. The molecule has 6 nitrogen and oxygen atoms in total. The molecular weight excluding hydrogens is 397 g/mol. The van der Waals surface area contributed by atoms with Crippen molar-refractivity contribution in [1.82, 2.24) is 15.1 Å². The average Bonchev–Trinajstić information content (AvgIpc) is 3.33. The number of piperidine rings is 1. The maximum Gasteiger partial charge on any atom is 0.240 e. The summed E-state index contributed by atoms with van der Waals surface area (Å²) < 4.78 is 18.8. The van der Waals surface area contributed by atoms with E-state index in [2.05, 4.69) is 5.32 Å². The highest BCUT2D eigenvalue weighted by atomic mass is 19.1. The number of nitrogens with one attached hydrogen (secondary N) is 1. The summed E-state index contributed by atoms with van der Waals surface area (Å²) >= 11 is 0. The first-order valence-electron chi connectivity index (χ1n) is 11.8. The van der Waals surface area contributed by atoms with Crippen LogP contribution in [0.4, 0.5) is 4.39 Å². The molecule has 31 heavy (non-hydrogen) atoms. The lowest BCUT2D eigenvalue weighted by Gasteiger charge is -2.38. The molecule has 2 saturated heterocycles. The standard InChI is InChI=1S/C24H34FN3O3/c25-20-10-8-19(9-11-20)23(18-5-1-2-6-18)26-22(29)17-28-12-4-3-7-21(28)24(30)27-13-15-31-16-14-27/h8-11,18,21,23H,1-7,12-17H2,(H,26,29). The number of hydrogen-bond acceptors (Lipinski definition) is 4. The van der Waals surface area contributed by atoms with Gasteiger partial charge in [0.05, 0.1) is 31.8 Å². The van der Waals surface area contributed by atoms with Crippen LogP contribution in [-0.2, 0) is 14.3 Å². The molecule has 0 radical (unpaired) electrons. The molecule has 1 aromatic rings. The fourth-order valence-corrected chi connectivity index (χ4v) is 5.29. The van der Waals surface area contributed by atoms with Crippen LogP contribution in [-0.4, -0.2) is 67.0 Å². The third-order valence-electron chi connectivity index (χ3n) is 6.99. The van der Waals surface area contributed by atoms with Crippen LogP contribution in [0, 0.1) is 11.7 Å². The summed E-state index contributed by atoms with van der Waals surface area (Å²) in [5.41, 5.74) is 0.959. The number of benzene rings is 1. The molecule has 0 aromatic heterocycles. The van der Waals surface area contributed by atoms with E-state index in [9.17, 15) is 14.0 Å². The van der Waals surface area contributed by atoms with Crippen molar-refractivity contribution in [2.75, 3.05) is 39.4 Å². The number of carbonyl (C=O) groups excluding carboxylic acids is 2. The minimum Gasteiger partial charge on any atom is -0.378 e.